The second-order valence-corrected chi connectivity index (χ2v) is 15.1. The number of benzene rings is 5. The molecule has 0 saturated heterocycles. The number of hydrogen-bond acceptors (Lipinski definition) is 1. The summed E-state index contributed by atoms with van der Waals surface area (Å²) in [6.07, 6.45) is 25.1. The van der Waals surface area contributed by atoms with Crippen molar-refractivity contribution in [2.45, 2.75) is 51.4 Å². The van der Waals surface area contributed by atoms with Gasteiger partial charge in [-0.15, -0.1) is 0 Å². The van der Waals surface area contributed by atoms with Gasteiger partial charge in [0.1, 0.15) is 0 Å². The monoisotopic (exact) mass is 713 g/mol. The molecule has 1 heteroatoms. The van der Waals surface area contributed by atoms with E-state index in [9.17, 15) is 0 Å². The van der Waals surface area contributed by atoms with Gasteiger partial charge in [-0.25, -0.2) is 0 Å². The van der Waals surface area contributed by atoms with Gasteiger partial charge >= 0.3 is 0 Å². The first kappa shape index (κ1) is 37.1. The van der Waals surface area contributed by atoms with Crippen molar-refractivity contribution in [3.63, 3.8) is 0 Å². The topological polar surface area (TPSA) is 3.24 Å². The molecule has 1 nitrogen and oxygen atoms in total. The average Bonchev–Trinajstić information content (AvgIpc) is 3.66. The standard InChI is InChI=1S/C54H51N/c1-8-11-12-20-36-54(43-23-14-13-15-24-43)38-42(46-25-16-19-28-49(46)54)34-32-40(5)55(37-35-41-33-31-39(4)45(22-9-2)44(41)10-3)51-30-21-29-50-52(51)47-26-17-18-27-48(47)53(50,6)7/h8-31,33,35-38H,1,3,5,32,34H2,2,4,6-7H3/b12-11-,22-9-,36-20+,37-35+. The van der Waals surface area contributed by atoms with E-state index in [4.69, 9.17) is 6.58 Å². The molecule has 55 heavy (non-hydrogen) atoms. The molecule has 2 aliphatic carbocycles. The normalized spacial score (nSPS) is 16.8. The highest BCUT2D eigenvalue weighted by atomic mass is 15.1. The lowest BCUT2D eigenvalue weighted by Crippen LogP contribution is -2.20. The molecule has 0 amide bonds. The summed E-state index contributed by atoms with van der Waals surface area (Å²) in [6, 6.07) is 39.7. The maximum absolute atomic E-state index is 4.83. The van der Waals surface area contributed by atoms with Gasteiger partial charge in [0.25, 0.3) is 0 Å². The molecule has 0 N–H and O–H groups in total. The molecule has 0 heterocycles. The molecule has 0 spiro atoms. The highest BCUT2D eigenvalue weighted by molar-refractivity contribution is 5.92. The van der Waals surface area contributed by atoms with Gasteiger partial charge in [-0.05, 0) is 100 Å². The first-order valence-electron chi connectivity index (χ1n) is 19.4. The Morgan fingerprint density at radius 2 is 1.42 bits per heavy atom. The van der Waals surface area contributed by atoms with Crippen LogP contribution >= 0.6 is 0 Å². The van der Waals surface area contributed by atoms with Crippen molar-refractivity contribution >= 4 is 29.5 Å². The molecule has 0 radical (unpaired) electrons. The van der Waals surface area contributed by atoms with E-state index < -0.39 is 0 Å². The van der Waals surface area contributed by atoms with Crippen molar-refractivity contribution in [3.8, 4) is 11.1 Å². The number of allylic oxidation sites excluding steroid dienone is 9. The van der Waals surface area contributed by atoms with Crippen molar-refractivity contribution in [1.82, 2.24) is 0 Å². The van der Waals surface area contributed by atoms with Crippen LogP contribution < -0.4 is 4.90 Å². The van der Waals surface area contributed by atoms with Gasteiger partial charge in [0.05, 0.1) is 11.1 Å². The number of rotatable bonds is 13. The van der Waals surface area contributed by atoms with Crippen molar-refractivity contribution < 1.29 is 0 Å². The number of aryl methyl sites for hydroxylation is 1. The van der Waals surface area contributed by atoms with E-state index in [0.717, 1.165) is 35.4 Å². The molecule has 0 aromatic heterocycles. The second kappa shape index (κ2) is 15.7. The van der Waals surface area contributed by atoms with Crippen LogP contribution in [0.2, 0.25) is 0 Å². The van der Waals surface area contributed by atoms with Crippen LogP contribution in [0.25, 0.3) is 34.9 Å². The lowest BCUT2D eigenvalue weighted by Gasteiger charge is -2.27. The van der Waals surface area contributed by atoms with Crippen molar-refractivity contribution in [1.29, 1.82) is 0 Å². The summed E-state index contributed by atoms with van der Waals surface area (Å²) in [5.41, 5.74) is 16.8. The fourth-order valence-electron chi connectivity index (χ4n) is 8.67. The van der Waals surface area contributed by atoms with E-state index in [-0.39, 0.29) is 10.8 Å². The van der Waals surface area contributed by atoms with E-state index in [0.29, 0.717) is 0 Å². The lowest BCUT2D eigenvalue weighted by molar-refractivity contribution is 0.660. The van der Waals surface area contributed by atoms with Crippen LogP contribution in [0.15, 0.2) is 183 Å². The molecule has 5 aromatic carbocycles. The van der Waals surface area contributed by atoms with Gasteiger partial charge in [-0.2, -0.15) is 0 Å². The smallest absolute Gasteiger partial charge is 0.0577 e. The number of hydrogen-bond donors (Lipinski definition) is 0. The number of anilines is 1. The predicted molar refractivity (Wildman–Crippen MR) is 240 cm³/mol. The molecule has 0 fully saturated rings. The first-order chi connectivity index (χ1) is 26.7. The van der Waals surface area contributed by atoms with Crippen molar-refractivity contribution in [2.24, 2.45) is 0 Å². The molecule has 5 aromatic rings. The molecular formula is C54H51N. The Morgan fingerprint density at radius 1 is 0.709 bits per heavy atom. The third kappa shape index (κ3) is 6.77. The van der Waals surface area contributed by atoms with E-state index in [1.165, 1.54) is 55.6 Å². The quantitative estimate of drug-likeness (QED) is 0.110. The Kier molecular flexibility index (Phi) is 10.6. The Labute approximate surface area is 329 Å². The summed E-state index contributed by atoms with van der Waals surface area (Å²) in [4.78, 5) is 2.34. The van der Waals surface area contributed by atoms with Crippen LogP contribution in [0.1, 0.15) is 83.7 Å². The molecule has 1 atom stereocenters. The fourth-order valence-corrected chi connectivity index (χ4v) is 8.67. The lowest BCUT2D eigenvalue weighted by atomic mass is 9.76. The van der Waals surface area contributed by atoms with Crippen LogP contribution in [-0.2, 0) is 10.8 Å². The summed E-state index contributed by atoms with van der Waals surface area (Å²) in [5, 5.41) is 0. The predicted octanol–water partition coefficient (Wildman–Crippen LogP) is 14.4. The Balaban J connectivity index is 1.32. The van der Waals surface area contributed by atoms with Crippen molar-refractivity contribution in [2.75, 3.05) is 4.90 Å². The van der Waals surface area contributed by atoms with E-state index >= 15 is 0 Å². The molecule has 1 unspecified atom stereocenters. The van der Waals surface area contributed by atoms with Crippen LogP contribution in [0.4, 0.5) is 5.69 Å². The van der Waals surface area contributed by atoms with Gasteiger partial charge in [0, 0.05) is 22.9 Å². The molecule has 0 aliphatic heterocycles. The molecule has 7 rings (SSSR count). The Hall–Kier alpha value is -6.18. The minimum absolute atomic E-state index is 0.111. The fraction of sp³-hybridized carbons (Fsp3) is 0.148. The first-order valence-corrected chi connectivity index (χ1v) is 19.4. The zero-order valence-corrected chi connectivity index (χ0v) is 32.7. The van der Waals surface area contributed by atoms with E-state index in [2.05, 4.69) is 204 Å². The number of nitrogens with zero attached hydrogens (tertiary/aromatic N) is 1. The zero-order chi connectivity index (χ0) is 38.6. The summed E-state index contributed by atoms with van der Waals surface area (Å²) in [5.74, 6) is 0. The minimum Gasteiger partial charge on any atom is -0.321 e. The molecule has 2 aliphatic rings. The number of fused-ring (bicyclic) bond motifs is 4. The Morgan fingerprint density at radius 3 is 2.16 bits per heavy atom. The molecule has 0 bridgehead atoms. The third-order valence-corrected chi connectivity index (χ3v) is 11.4. The SMILES string of the molecule is C=C/C=C\C=C\C1(c2ccccc2)C=C(CCC(=C)N(/C=C/c2ccc(C)c(/C=C\C)c2C=C)c2cccc3c2-c2ccccc2C3(C)C)c2ccccc21. The van der Waals surface area contributed by atoms with Gasteiger partial charge in [-0.3, -0.25) is 0 Å². The van der Waals surface area contributed by atoms with Gasteiger partial charge < -0.3 is 4.90 Å². The average molecular weight is 714 g/mol. The third-order valence-electron chi connectivity index (χ3n) is 11.4. The van der Waals surface area contributed by atoms with E-state index in [1.54, 1.807) is 0 Å². The van der Waals surface area contributed by atoms with Gasteiger partial charge in [-0.1, -0.05) is 191 Å². The van der Waals surface area contributed by atoms with Crippen molar-refractivity contribution in [3.05, 3.63) is 233 Å². The van der Waals surface area contributed by atoms with Crippen LogP contribution in [0.5, 0.6) is 0 Å². The largest absolute Gasteiger partial charge is 0.321 e. The highest BCUT2D eigenvalue weighted by Gasteiger charge is 2.39. The second-order valence-electron chi connectivity index (χ2n) is 15.1. The van der Waals surface area contributed by atoms with Gasteiger partial charge in [0.2, 0.25) is 0 Å². The molecule has 272 valence electrons. The summed E-state index contributed by atoms with van der Waals surface area (Å²) in [6.45, 7) is 21.8. The van der Waals surface area contributed by atoms with Crippen LogP contribution in [0, 0.1) is 6.92 Å². The molecular weight excluding hydrogens is 663 g/mol. The maximum atomic E-state index is 4.83. The summed E-state index contributed by atoms with van der Waals surface area (Å²) in [7, 11) is 0. The zero-order valence-electron chi connectivity index (χ0n) is 32.7. The molecule has 0 saturated carbocycles. The maximum Gasteiger partial charge on any atom is 0.0577 e. The highest BCUT2D eigenvalue weighted by Crippen LogP contribution is 2.53. The Bertz CT molecular complexity index is 2430. The van der Waals surface area contributed by atoms with Crippen LogP contribution in [-0.4, -0.2) is 0 Å². The minimum atomic E-state index is -0.383. The van der Waals surface area contributed by atoms with Crippen LogP contribution in [0.3, 0.4) is 0 Å². The van der Waals surface area contributed by atoms with E-state index in [1.807, 2.05) is 18.2 Å². The van der Waals surface area contributed by atoms with Gasteiger partial charge in [0.15, 0.2) is 0 Å². The summed E-state index contributed by atoms with van der Waals surface area (Å²) >= 11 is 0. The summed E-state index contributed by atoms with van der Waals surface area (Å²) < 4.78 is 0.